The number of nitrogens with zero attached hydrogens (tertiary/aromatic N) is 6. The Hall–Kier alpha value is -3.02. The van der Waals surface area contributed by atoms with Gasteiger partial charge in [-0.2, -0.15) is 10.4 Å². The van der Waals surface area contributed by atoms with Crippen LogP contribution in [0.1, 0.15) is 5.69 Å². The van der Waals surface area contributed by atoms with Crippen molar-refractivity contribution in [2.24, 2.45) is 0 Å². The van der Waals surface area contributed by atoms with Crippen LogP contribution in [0.3, 0.4) is 0 Å². The first-order valence-corrected chi connectivity index (χ1v) is 5.33. The van der Waals surface area contributed by atoms with Crippen LogP contribution in [-0.2, 0) is 6.54 Å². The Balaban J connectivity index is 1.85. The van der Waals surface area contributed by atoms with E-state index in [4.69, 9.17) is 5.26 Å². The van der Waals surface area contributed by atoms with E-state index < -0.39 is 4.92 Å². The Bertz CT molecular complexity index is 614. The summed E-state index contributed by atoms with van der Waals surface area (Å²) < 4.78 is 1.46. The molecule has 0 saturated heterocycles. The van der Waals surface area contributed by atoms with E-state index >= 15 is 0 Å². The molecule has 2 heterocycles. The topological polar surface area (TPSA) is 123 Å². The van der Waals surface area contributed by atoms with Crippen LogP contribution in [0.5, 0.6) is 0 Å². The third-order valence-electron chi connectivity index (χ3n) is 2.26. The van der Waals surface area contributed by atoms with Crippen molar-refractivity contribution in [2.75, 3.05) is 11.9 Å². The van der Waals surface area contributed by atoms with Crippen molar-refractivity contribution in [1.29, 1.82) is 5.26 Å². The van der Waals surface area contributed by atoms with Crippen LogP contribution in [-0.4, -0.2) is 31.4 Å². The molecule has 0 aliphatic carbocycles. The van der Waals surface area contributed by atoms with Crippen molar-refractivity contribution in [2.45, 2.75) is 6.54 Å². The van der Waals surface area contributed by atoms with Crippen molar-refractivity contribution in [3.63, 3.8) is 0 Å². The summed E-state index contributed by atoms with van der Waals surface area (Å²) in [5.41, 5.74) is 0.200. The average molecular weight is 259 g/mol. The van der Waals surface area contributed by atoms with Gasteiger partial charge in [-0.3, -0.25) is 14.8 Å². The highest BCUT2D eigenvalue weighted by molar-refractivity contribution is 5.35. The largest absolute Gasteiger partial charge is 0.367 e. The minimum Gasteiger partial charge on any atom is -0.367 e. The molecule has 2 rings (SSSR count). The molecule has 9 nitrogen and oxygen atoms in total. The molecule has 0 aliphatic heterocycles. The number of anilines is 1. The van der Waals surface area contributed by atoms with Crippen molar-refractivity contribution in [3.05, 3.63) is 40.3 Å². The van der Waals surface area contributed by atoms with Crippen LogP contribution in [0.4, 0.5) is 11.5 Å². The van der Waals surface area contributed by atoms with Gasteiger partial charge >= 0.3 is 5.69 Å². The maximum atomic E-state index is 10.5. The maximum absolute atomic E-state index is 10.5. The molecule has 0 unspecified atom stereocenters. The van der Waals surface area contributed by atoms with Crippen LogP contribution in [0.2, 0.25) is 0 Å². The molecule has 2 aromatic heterocycles. The number of hydrogen-bond acceptors (Lipinski definition) is 7. The SMILES string of the molecule is N#Cc1ccc(NCCn2cc([N+](=O)[O-])cn2)nn1. The molecule has 0 saturated carbocycles. The predicted octanol–water partition coefficient (Wildman–Crippen LogP) is 0.565. The minimum atomic E-state index is -0.497. The fraction of sp³-hybridized carbons (Fsp3) is 0.200. The molecule has 0 aliphatic rings. The molecular formula is C10H9N7O2. The molecule has 0 atom stereocenters. The lowest BCUT2D eigenvalue weighted by Crippen LogP contribution is -2.12. The first-order chi connectivity index (χ1) is 9.19. The van der Waals surface area contributed by atoms with Crippen LogP contribution in [0, 0.1) is 21.4 Å². The van der Waals surface area contributed by atoms with E-state index in [1.807, 2.05) is 6.07 Å². The molecule has 0 amide bonds. The highest BCUT2D eigenvalue weighted by Crippen LogP contribution is 2.07. The Morgan fingerprint density at radius 1 is 1.47 bits per heavy atom. The van der Waals surface area contributed by atoms with E-state index in [-0.39, 0.29) is 11.4 Å². The maximum Gasteiger partial charge on any atom is 0.306 e. The Morgan fingerprint density at radius 3 is 2.89 bits per heavy atom. The van der Waals surface area contributed by atoms with Gasteiger partial charge in [-0.1, -0.05) is 0 Å². The molecule has 19 heavy (non-hydrogen) atoms. The Labute approximate surface area is 107 Å². The fourth-order valence-electron chi connectivity index (χ4n) is 1.35. The number of nitriles is 1. The van der Waals surface area contributed by atoms with E-state index in [2.05, 4.69) is 20.6 Å². The quantitative estimate of drug-likeness (QED) is 0.614. The Morgan fingerprint density at radius 2 is 2.32 bits per heavy atom. The lowest BCUT2D eigenvalue weighted by Gasteiger charge is -2.04. The van der Waals surface area contributed by atoms with Gasteiger partial charge in [-0.15, -0.1) is 10.2 Å². The summed E-state index contributed by atoms with van der Waals surface area (Å²) in [5, 5.41) is 33.3. The number of aromatic nitrogens is 4. The summed E-state index contributed by atoms with van der Waals surface area (Å²) in [6, 6.07) is 5.06. The predicted molar refractivity (Wildman–Crippen MR) is 64.1 cm³/mol. The lowest BCUT2D eigenvalue weighted by atomic mass is 10.4. The number of nitro groups is 1. The molecule has 0 spiro atoms. The summed E-state index contributed by atoms with van der Waals surface area (Å²) in [4.78, 5) is 9.96. The smallest absolute Gasteiger partial charge is 0.306 e. The van der Waals surface area contributed by atoms with Gasteiger partial charge in [0.1, 0.15) is 24.3 Å². The van der Waals surface area contributed by atoms with E-state index in [0.29, 0.717) is 18.9 Å². The summed E-state index contributed by atoms with van der Waals surface area (Å²) in [6.45, 7) is 0.939. The van der Waals surface area contributed by atoms with E-state index in [9.17, 15) is 10.1 Å². The fourth-order valence-corrected chi connectivity index (χ4v) is 1.35. The van der Waals surface area contributed by atoms with Crippen LogP contribution in [0.15, 0.2) is 24.5 Å². The third kappa shape index (κ3) is 3.22. The zero-order valence-corrected chi connectivity index (χ0v) is 9.72. The molecule has 0 bridgehead atoms. The molecule has 1 N–H and O–H groups in total. The van der Waals surface area contributed by atoms with Gasteiger partial charge in [0.25, 0.3) is 0 Å². The van der Waals surface area contributed by atoms with Gasteiger partial charge in [0.15, 0.2) is 5.69 Å². The molecule has 2 aromatic rings. The first kappa shape index (κ1) is 12.4. The molecule has 9 heteroatoms. The number of nitrogens with one attached hydrogen (secondary N) is 1. The molecule has 0 fully saturated rings. The van der Waals surface area contributed by atoms with Gasteiger partial charge in [0.2, 0.25) is 0 Å². The highest BCUT2D eigenvalue weighted by atomic mass is 16.6. The van der Waals surface area contributed by atoms with Gasteiger partial charge in [-0.25, -0.2) is 0 Å². The van der Waals surface area contributed by atoms with E-state index in [1.54, 1.807) is 12.1 Å². The monoisotopic (exact) mass is 259 g/mol. The number of hydrogen-bond donors (Lipinski definition) is 1. The number of rotatable bonds is 5. The second kappa shape index (κ2) is 5.54. The first-order valence-electron chi connectivity index (χ1n) is 5.33. The van der Waals surface area contributed by atoms with Crippen molar-refractivity contribution in [1.82, 2.24) is 20.0 Å². The van der Waals surface area contributed by atoms with E-state index in [0.717, 1.165) is 0 Å². The minimum absolute atomic E-state index is 0.0434. The van der Waals surface area contributed by atoms with Crippen LogP contribution >= 0.6 is 0 Å². The van der Waals surface area contributed by atoms with Gasteiger partial charge < -0.3 is 5.32 Å². The van der Waals surface area contributed by atoms with E-state index in [1.165, 1.54) is 17.1 Å². The normalized spacial score (nSPS) is 9.84. The van der Waals surface area contributed by atoms with Crippen LogP contribution < -0.4 is 5.32 Å². The van der Waals surface area contributed by atoms with Crippen molar-refractivity contribution >= 4 is 11.5 Å². The second-order valence-electron chi connectivity index (χ2n) is 3.56. The molecule has 0 radical (unpaired) electrons. The summed E-state index contributed by atoms with van der Waals surface area (Å²) in [5.74, 6) is 0.528. The molecular weight excluding hydrogens is 250 g/mol. The second-order valence-corrected chi connectivity index (χ2v) is 3.56. The third-order valence-corrected chi connectivity index (χ3v) is 2.26. The summed E-state index contributed by atoms with van der Waals surface area (Å²) in [7, 11) is 0. The highest BCUT2D eigenvalue weighted by Gasteiger charge is 2.08. The zero-order chi connectivity index (χ0) is 13.7. The summed E-state index contributed by atoms with van der Waals surface area (Å²) >= 11 is 0. The average Bonchev–Trinajstić information content (AvgIpc) is 2.89. The van der Waals surface area contributed by atoms with Gasteiger partial charge in [0, 0.05) is 6.54 Å². The summed E-state index contributed by atoms with van der Waals surface area (Å²) in [6.07, 6.45) is 2.55. The van der Waals surface area contributed by atoms with Gasteiger partial charge in [0.05, 0.1) is 11.5 Å². The van der Waals surface area contributed by atoms with Gasteiger partial charge in [-0.05, 0) is 12.1 Å². The Kier molecular flexibility index (Phi) is 3.63. The van der Waals surface area contributed by atoms with Crippen molar-refractivity contribution < 1.29 is 4.92 Å². The molecule has 96 valence electrons. The zero-order valence-electron chi connectivity index (χ0n) is 9.72. The lowest BCUT2D eigenvalue weighted by molar-refractivity contribution is -0.385. The van der Waals surface area contributed by atoms with Crippen molar-refractivity contribution in [3.8, 4) is 6.07 Å². The standard InChI is InChI=1S/C10H9N7O2/c11-5-8-1-2-10(15-14-8)12-3-4-16-7-9(6-13-16)17(18)19/h1-2,6-7H,3-4H2,(H,12,15). The molecule has 0 aromatic carbocycles. The van der Waals surface area contributed by atoms with Crippen LogP contribution in [0.25, 0.3) is 0 Å².